The highest BCUT2D eigenvalue weighted by Crippen LogP contribution is 2.31. The number of aromatic nitrogens is 4. The average molecular weight is 456 g/mol. The first-order valence-electron chi connectivity index (χ1n) is 10.3. The van der Waals surface area contributed by atoms with Gasteiger partial charge in [-0.05, 0) is 24.3 Å². The van der Waals surface area contributed by atoms with Gasteiger partial charge in [0, 0.05) is 44.1 Å². The highest BCUT2D eigenvalue weighted by Gasteiger charge is 2.31. The van der Waals surface area contributed by atoms with Crippen molar-refractivity contribution >= 4 is 11.6 Å². The quantitative estimate of drug-likeness (QED) is 0.469. The van der Waals surface area contributed by atoms with E-state index in [4.69, 9.17) is 4.52 Å². The zero-order chi connectivity index (χ0) is 23.0. The molecule has 0 radical (unpaired) electrons. The predicted octanol–water partition coefficient (Wildman–Crippen LogP) is 3.36. The Morgan fingerprint density at radius 3 is 2.61 bits per heavy atom. The first-order valence-corrected chi connectivity index (χ1v) is 10.3. The van der Waals surface area contributed by atoms with E-state index in [1.165, 1.54) is 12.1 Å². The van der Waals surface area contributed by atoms with Gasteiger partial charge in [-0.3, -0.25) is 9.69 Å². The first-order chi connectivity index (χ1) is 15.9. The number of amides is 1. The van der Waals surface area contributed by atoms with Gasteiger partial charge in [-0.15, -0.1) is 0 Å². The number of hydrogen-bond donors (Lipinski definition) is 0. The second-order valence-corrected chi connectivity index (χ2v) is 7.75. The minimum Gasteiger partial charge on any atom is -0.338 e. The lowest BCUT2D eigenvalue weighted by Crippen LogP contribution is -2.48. The van der Waals surface area contributed by atoms with Crippen molar-refractivity contribution in [2.75, 3.05) is 26.2 Å². The maximum absolute atomic E-state index is 12.9. The van der Waals surface area contributed by atoms with E-state index in [-0.39, 0.29) is 17.3 Å². The zero-order valence-corrected chi connectivity index (χ0v) is 17.4. The molecular formula is C22H19F3N6O2. The lowest BCUT2D eigenvalue weighted by Gasteiger charge is -2.33. The summed E-state index contributed by atoms with van der Waals surface area (Å²) < 4.78 is 45.9. The third-order valence-electron chi connectivity index (χ3n) is 5.52. The topological polar surface area (TPSA) is 79.8 Å². The van der Waals surface area contributed by atoms with Crippen LogP contribution in [-0.4, -0.2) is 61.4 Å². The van der Waals surface area contributed by atoms with Gasteiger partial charge in [0.15, 0.2) is 0 Å². The monoisotopic (exact) mass is 456 g/mol. The van der Waals surface area contributed by atoms with Crippen LogP contribution in [0.4, 0.5) is 13.2 Å². The van der Waals surface area contributed by atoms with Gasteiger partial charge >= 0.3 is 6.18 Å². The Hall–Kier alpha value is -3.73. The van der Waals surface area contributed by atoms with Crippen molar-refractivity contribution in [2.24, 2.45) is 0 Å². The molecule has 0 unspecified atom stereocenters. The van der Waals surface area contributed by atoms with Crippen LogP contribution in [0.2, 0.25) is 0 Å². The van der Waals surface area contributed by atoms with E-state index in [9.17, 15) is 18.0 Å². The van der Waals surface area contributed by atoms with Gasteiger partial charge < -0.3 is 13.8 Å². The normalized spacial score (nSPS) is 15.3. The number of hydrogen-bond acceptors (Lipinski definition) is 6. The summed E-state index contributed by atoms with van der Waals surface area (Å²) in [6, 6.07) is 10.4. The van der Waals surface area contributed by atoms with Crippen LogP contribution in [0.5, 0.6) is 0 Å². The van der Waals surface area contributed by atoms with E-state index >= 15 is 0 Å². The summed E-state index contributed by atoms with van der Waals surface area (Å²) in [5, 5.41) is 3.82. The van der Waals surface area contributed by atoms with Crippen molar-refractivity contribution in [3.05, 3.63) is 72.0 Å². The summed E-state index contributed by atoms with van der Waals surface area (Å²) in [5.41, 5.74) is 0.588. The van der Waals surface area contributed by atoms with Gasteiger partial charge in [0.25, 0.3) is 5.91 Å². The van der Waals surface area contributed by atoms with Crippen LogP contribution in [-0.2, 0) is 12.7 Å². The molecule has 33 heavy (non-hydrogen) atoms. The molecule has 0 saturated carbocycles. The Bertz CT molecular complexity index is 1260. The molecule has 1 aliphatic heterocycles. The molecule has 0 aliphatic carbocycles. The second kappa shape index (κ2) is 8.32. The molecule has 170 valence electrons. The maximum Gasteiger partial charge on any atom is 0.416 e. The summed E-state index contributed by atoms with van der Waals surface area (Å²) in [4.78, 5) is 25.2. The summed E-state index contributed by atoms with van der Waals surface area (Å²) in [6.07, 6.45) is -0.879. The van der Waals surface area contributed by atoms with Crippen LogP contribution >= 0.6 is 0 Å². The van der Waals surface area contributed by atoms with Gasteiger partial charge in [0.1, 0.15) is 11.3 Å². The number of nitrogens with zero attached hydrogens (tertiary/aromatic N) is 6. The SMILES string of the molecule is O=C(c1cn2ccccc2n1)N1CCN(Cc2nc(-c3cccc(C(F)(F)F)c3)no2)CC1. The van der Waals surface area contributed by atoms with Crippen molar-refractivity contribution in [3.63, 3.8) is 0 Å². The molecule has 8 nitrogen and oxygen atoms in total. The van der Waals surface area contributed by atoms with Crippen molar-refractivity contribution in [1.82, 2.24) is 29.3 Å². The molecule has 0 N–H and O–H groups in total. The minimum atomic E-state index is -4.44. The number of pyridine rings is 1. The van der Waals surface area contributed by atoms with E-state index in [2.05, 4.69) is 20.0 Å². The van der Waals surface area contributed by atoms with Gasteiger partial charge in [-0.25, -0.2) is 4.98 Å². The van der Waals surface area contributed by atoms with Crippen molar-refractivity contribution in [2.45, 2.75) is 12.7 Å². The molecular weight excluding hydrogens is 437 g/mol. The molecule has 1 aromatic carbocycles. The molecule has 0 bridgehead atoms. The number of alkyl halides is 3. The second-order valence-electron chi connectivity index (χ2n) is 7.75. The molecule has 4 heterocycles. The molecule has 1 fully saturated rings. The summed E-state index contributed by atoms with van der Waals surface area (Å²) in [7, 11) is 0. The van der Waals surface area contributed by atoms with Gasteiger partial charge in [0.2, 0.25) is 11.7 Å². The van der Waals surface area contributed by atoms with Crippen molar-refractivity contribution in [3.8, 4) is 11.4 Å². The van der Waals surface area contributed by atoms with E-state index < -0.39 is 11.7 Å². The number of carbonyl (C=O) groups excluding carboxylic acids is 1. The molecule has 0 spiro atoms. The van der Waals surface area contributed by atoms with Gasteiger partial charge in [-0.2, -0.15) is 18.2 Å². The molecule has 1 aliphatic rings. The van der Waals surface area contributed by atoms with Gasteiger partial charge in [-0.1, -0.05) is 23.4 Å². The maximum atomic E-state index is 12.9. The Labute approximate surface area is 186 Å². The Morgan fingerprint density at radius 1 is 1.03 bits per heavy atom. The lowest BCUT2D eigenvalue weighted by molar-refractivity contribution is -0.137. The van der Waals surface area contributed by atoms with Crippen LogP contribution < -0.4 is 0 Å². The highest BCUT2D eigenvalue weighted by atomic mass is 19.4. The standard InChI is InChI=1S/C22H19F3N6O2/c23-22(24,25)16-5-3-4-15(12-16)20-27-19(33-28-20)14-29-8-10-30(11-9-29)21(32)17-13-31-7-2-1-6-18(31)26-17/h1-7,12-13H,8-11,14H2. The highest BCUT2D eigenvalue weighted by molar-refractivity contribution is 5.93. The molecule has 3 aromatic heterocycles. The fourth-order valence-corrected chi connectivity index (χ4v) is 3.77. The predicted molar refractivity (Wildman–Crippen MR) is 111 cm³/mol. The largest absolute Gasteiger partial charge is 0.416 e. The van der Waals surface area contributed by atoms with Crippen LogP contribution in [0.15, 0.2) is 59.4 Å². The third kappa shape index (κ3) is 4.44. The summed E-state index contributed by atoms with van der Waals surface area (Å²) in [6.45, 7) is 2.58. The smallest absolute Gasteiger partial charge is 0.338 e. The Balaban J connectivity index is 1.20. The van der Waals surface area contributed by atoms with Crippen molar-refractivity contribution < 1.29 is 22.5 Å². The summed E-state index contributed by atoms with van der Waals surface area (Å²) >= 11 is 0. The zero-order valence-electron chi connectivity index (χ0n) is 17.4. The van der Waals surface area contributed by atoms with E-state index in [1.807, 2.05) is 24.4 Å². The van der Waals surface area contributed by atoms with E-state index in [0.717, 1.165) is 12.1 Å². The first kappa shape index (κ1) is 21.1. The molecule has 1 amide bonds. The average Bonchev–Trinajstić information content (AvgIpc) is 3.46. The van der Waals surface area contributed by atoms with Crippen LogP contribution in [0.1, 0.15) is 21.9 Å². The number of imidazole rings is 1. The Morgan fingerprint density at radius 2 is 1.85 bits per heavy atom. The number of rotatable bonds is 4. The third-order valence-corrected chi connectivity index (χ3v) is 5.52. The number of halogens is 3. The Kier molecular flexibility index (Phi) is 5.33. The van der Waals surface area contributed by atoms with Crippen LogP contribution in [0.25, 0.3) is 17.0 Å². The summed E-state index contributed by atoms with van der Waals surface area (Å²) in [5.74, 6) is 0.294. The number of fused-ring (bicyclic) bond motifs is 1. The lowest BCUT2D eigenvalue weighted by atomic mass is 10.1. The fraction of sp³-hybridized carbons (Fsp3) is 0.273. The van der Waals surface area contributed by atoms with E-state index in [1.54, 1.807) is 15.5 Å². The number of benzene rings is 1. The molecule has 1 saturated heterocycles. The number of piperazine rings is 1. The van der Waals surface area contributed by atoms with Gasteiger partial charge in [0.05, 0.1) is 12.1 Å². The van der Waals surface area contributed by atoms with Crippen molar-refractivity contribution in [1.29, 1.82) is 0 Å². The molecule has 0 atom stereocenters. The number of carbonyl (C=O) groups is 1. The molecule has 11 heteroatoms. The molecule has 5 rings (SSSR count). The van der Waals surface area contributed by atoms with Crippen LogP contribution in [0.3, 0.4) is 0 Å². The van der Waals surface area contributed by atoms with Crippen LogP contribution in [0, 0.1) is 0 Å². The fourth-order valence-electron chi connectivity index (χ4n) is 3.77. The minimum absolute atomic E-state index is 0.108. The van der Waals surface area contributed by atoms with E-state index in [0.29, 0.717) is 50.0 Å². The molecule has 4 aromatic rings.